The lowest BCUT2D eigenvalue weighted by Crippen LogP contribution is -2.34. The molecule has 4 heteroatoms. The number of ether oxygens (including phenoxy) is 1. The number of aliphatic carboxylic acids is 1. The monoisotopic (exact) mass is 265 g/mol. The highest BCUT2D eigenvalue weighted by atomic mass is 16.5. The predicted molar refractivity (Wildman–Crippen MR) is 75.6 cm³/mol. The fraction of sp³-hybridized carbons (Fsp3) is 0.533. The molecule has 2 N–H and O–H groups in total. The van der Waals surface area contributed by atoms with Gasteiger partial charge in [0.25, 0.3) is 0 Å². The molecule has 0 aliphatic carbocycles. The molecule has 0 spiro atoms. The van der Waals surface area contributed by atoms with Crippen molar-refractivity contribution in [3.05, 3.63) is 29.8 Å². The molecule has 0 bridgehead atoms. The van der Waals surface area contributed by atoms with E-state index in [1.54, 1.807) is 7.11 Å². The lowest BCUT2D eigenvalue weighted by atomic mass is 10.0. The van der Waals surface area contributed by atoms with Crippen LogP contribution in [0.15, 0.2) is 24.3 Å². The normalized spacial score (nSPS) is 12.1. The minimum atomic E-state index is -0.762. The van der Waals surface area contributed by atoms with Crippen LogP contribution < -0.4 is 10.1 Å². The molecule has 0 fully saturated rings. The predicted octanol–water partition coefficient (Wildman–Crippen LogP) is 2.47. The Morgan fingerprint density at radius 1 is 1.37 bits per heavy atom. The van der Waals surface area contributed by atoms with Gasteiger partial charge < -0.3 is 15.2 Å². The summed E-state index contributed by atoms with van der Waals surface area (Å²) in [6.45, 7) is 2.99. The molecule has 0 saturated heterocycles. The van der Waals surface area contributed by atoms with Crippen molar-refractivity contribution in [3.8, 4) is 5.75 Å². The van der Waals surface area contributed by atoms with E-state index in [9.17, 15) is 4.79 Å². The van der Waals surface area contributed by atoms with E-state index in [1.165, 1.54) is 0 Å². The van der Waals surface area contributed by atoms with E-state index in [4.69, 9.17) is 9.84 Å². The van der Waals surface area contributed by atoms with Gasteiger partial charge in [-0.05, 0) is 37.1 Å². The minimum Gasteiger partial charge on any atom is -0.497 e. The van der Waals surface area contributed by atoms with Crippen molar-refractivity contribution in [2.75, 3.05) is 13.7 Å². The largest absolute Gasteiger partial charge is 0.497 e. The van der Waals surface area contributed by atoms with E-state index >= 15 is 0 Å². The van der Waals surface area contributed by atoms with E-state index in [0.717, 1.165) is 37.1 Å². The number of benzene rings is 1. The summed E-state index contributed by atoms with van der Waals surface area (Å²) in [7, 11) is 1.63. The Morgan fingerprint density at radius 2 is 2.05 bits per heavy atom. The Hall–Kier alpha value is -1.55. The van der Waals surface area contributed by atoms with Gasteiger partial charge in [-0.3, -0.25) is 4.79 Å². The number of rotatable bonds is 9. The lowest BCUT2D eigenvalue weighted by molar-refractivity contribution is -0.137. The van der Waals surface area contributed by atoms with Crippen LogP contribution in [-0.4, -0.2) is 30.8 Å². The average Bonchev–Trinajstić information content (AvgIpc) is 2.39. The number of nitrogens with one attached hydrogen (secondary N) is 1. The molecule has 0 saturated carbocycles. The van der Waals surface area contributed by atoms with Crippen molar-refractivity contribution < 1.29 is 14.6 Å². The fourth-order valence-corrected chi connectivity index (χ4v) is 1.96. The van der Waals surface area contributed by atoms with Crippen molar-refractivity contribution in [2.24, 2.45) is 0 Å². The maximum Gasteiger partial charge on any atom is 0.304 e. The Bertz CT molecular complexity index is 375. The molecule has 1 aromatic rings. The van der Waals surface area contributed by atoms with E-state index in [1.807, 2.05) is 24.3 Å². The van der Waals surface area contributed by atoms with Crippen molar-refractivity contribution in [3.63, 3.8) is 0 Å². The van der Waals surface area contributed by atoms with Crippen molar-refractivity contribution in [1.82, 2.24) is 5.32 Å². The van der Waals surface area contributed by atoms with Gasteiger partial charge in [-0.15, -0.1) is 0 Å². The van der Waals surface area contributed by atoms with Crippen LogP contribution in [0.5, 0.6) is 5.75 Å². The average molecular weight is 265 g/mol. The van der Waals surface area contributed by atoms with Gasteiger partial charge in [-0.1, -0.05) is 25.5 Å². The SMILES string of the molecule is CCCCNC(CC(=O)O)Cc1ccc(OC)cc1. The Labute approximate surface area is 114 Å². The molecule has 106 valence electrons. The zero-order valence-corrected chi connectivity index (χ0v) is 11.7. The van der Waals surface area contributed by atoms with Gasteiger partial charge in [0.05, 0.1) is 13.5 Å². The Kier molecular flexibility index (Phi) is 6.97. The molecule has 0 heterocycles. The van der Waals surface area contributed by atoms with Gasteiger partial charge >= 0.3 is 5.97 Å². The van der Waals surface area contributed by atoms with E-state index < -0.39 is 5.97 Å². The van der Waals surface area contributed by atoms with Gasteiger partial charge in [0, 0.05) is 6.04 Å². The summed E-state index contributed by atoms with van der Waals surface area (Å²) in [5.41, 5.74) is 1.12. The summed E-state index contributed by atoms with van der Waals surface area (Å²) in [5.74, 6) is 0.0555. The van der Waals surface area contributed by atoms with Gasteiger partial charge in [-0.25, -0.2) is 0 Å². The van der Waals surface area contributed by atoms with Crippen molar-refractivity contribution >= 4 is 5.97 Å². The smallest absolute Gasteiger partial charge is 0.304 e. The summed E-state index contributed by atoms with van der Waals surface area (Å²) in [4.78, 5) is 10.9. The first-order valence-electron chi connectivity index (χ1n) is 6.73. The van der Waals surface area contributed by atoms with Crippen molar-refractivity contribution in [1.29, 1.82) is 0 Å². The van der Waals surface area contributed by atoms with Crippen LogP contribution in [0, 0.1) is 0 Å². The number of methoxy groups -OCH3 is 1. The molecule has 1 aromatic carbocycles. The number of hydrogen-bond donors (Lipinski definition) is 2. The number of carboxylic acids is 1. The fourth-order valence-electron chi connectivity index (χ4n) is 1.96. The summed E-state index contributed by atoms with van der Waals surface area (Å²) in [5, 5.41) is 12.3. The van der Waals surface area contributed by atoms with Gasteiger partial charge in [0.2, 0.25) is 0 Å². The summed E-state index contributed by atoms with van der Waals surface area (Å²) < 4.78 is 5.11. The number of unbranched alkanes of at least 4 members (excludes halogenated alkanes) is 1. The first-order chi connectivity index (χ1) is 9.15. The highest BCUT2D eigenvalue weighted by molar-refractivity contribution is 5.67. The summed E-state index contributed by atoms with van der Waals surface area (Å²) >= 11 is 0. The molecule has 4 nitrogen and oxygen atoms in total. The maximum absolute atomic E-state index is 10.9. The van der Waals surface area contributed by atoms with Crippen molar-refractivity contribution in [2.45, 2.75) is 38.6 Å². The standard InChI is InChI=1S/C15H23NO3/c1-3-4-9-16-13(11-15(17)18)10-12-5-7-14(19-2)8-6-12/h5-8,13,16H,3-4,9-11H2,1-2H3,(H,17,18). The molecule has 0 aromatic heterocycles. The second kappa shape index (κ2) is 8.53. The van der Waals surface area contributed by atoms with Crippen LogP contribution in [0.2, 0.25) is 0 Å². The molecule has 0 amide bonds. The van der Waals surface area contributed by atoms with Crippen LogP contribution in [0.3, 0.4) is 0 Å². The van der Waals surface area contributed by atoms with E-state index in [2.05, 4.69) is 12.2 Å². The number of hydrogen-bond acceptors (Lipinski definition) is 3. The molecular weight excluding hydrogens is 242 g/mol. The van der Waals surface area contributed by atoms with Crippen LogP contribution in [0.1, 0.15) is 31.7 Å². The first kappa shape index (κ1) is 15.5. The third-order valence-electron chi connectivity index (χ3n) is 3.03. The lowest BCUT2D eigenvalue weighted by Gasteiger charge is -2.17. The molecular formula is C15H23NO3. The zero-order chi connectivity index (χ0) is 14.1. The zero-order valence-electron chi connectivity index (χ0n) is 11.7. The highest BCUT2D eigenvalue weighted by Gasteiger charge is 2.13. The Balaban J connectivity index is 2.55. The molecule has 1 unspecified atom stereocenters. The molecule has 0 aliphatic heterocycles. The highest BCUT2D eigenvalue weighted by Crippen LogP contribution is 2.13. The van der Waals surface area contributed by atoms with Crippen LogP contribution in [-0.2, 0) is 11.2 Å². The second-order valence-electron chi connectivity index (χ2n) is 4.65. The van der Waals surface area contributed by atoms with E-state index in [0.29, 0.717) is 0 Å². The van der Waals surface area contributed by atoms with Gasteiger partial charge in [-0.2, -0.15) is 0 Å². The van der Waals surface area contributed by atoms with Crippen LogP contribution in [0.25, 0.3) is 0 Å². The second-order valence-corrected chi connectivity index (χ2v) is 4.65. The number of carboxylic acid groups (broad SMARTS) is 1. The van der Waals surface area contributed by atoms with Gasteiger partial charge in [0.1, 0.15) is 5.75 Å². The Morgan fingerprint density at radius 3 is 2.58 bits per heavy atom. The first-order valence-corrected chi connectivity index (χ1v) is 6.73. The molecule has 1 atom stereocenters. The van der Waals surface area contributed by atoms with Crippen LogP contribution in [0.4, 0.5) is 0 Å². The summed E-state index contributed by atoms with van der Waals surface area (Å²) in [6, 6.07) is 7.75. The molecule has 1 rings (SSSR count). The third-order valence-corrected chi connectivity index (χ3v) is 3.03. The van der Waals surface area contributed by atoms with Gasteiger partial charge in [0.15, 0.2) is 0 Å². The number of carbonyl (C=O) groups is 1. The molecule has 0 aliphatic rings. The molecule has 0 radical (unpaired) electrons. The topological polar surface area (TPSA) is 58.6 Å². The maximum atomic E-state index is 10.9. The quantitative estimate of drug-likeness (QED) is 0.673. The minimum absolute atomic E-state index is 0.0163. The van der Waals surface area contributed by atoms with E-state index in [-0.39, 0.29) is 12.5 Å². The molecule has 19 heavy (non-hydrogen) atoms. The third kappa shape index (κ3) is 6.25. The summed E-state index contributed by atoms with van der Waals surface area (Å²) in [6.07, 6.45) is 3.05. The van der Waals surface area contributed by atoms with Crippen LogP contribution >= 0.6 is 0 Å².